The number of nitrogens with one attached hydrogen (secondary N) is 1. The largest absolute Gasteiger partial charge is 0.478 e. The Morgan fingerprint density at radius 3 is 2.64 bits per heavy atom. The van der Waals surface area contributed by atoms with E-state index in [9.17, 15) is 18.3 Å². The Morgan fingerprint density at radius 1 is 1.18 bits per heavy atom. The van der Waals surface area contributed by atoms with Crippen LogP contribution < -0.4 is 4.72 Å². The Kier molecular flexibility index (Phi) is 3.92. The SMILES string of the molecule is O=C(O)c1c(NS(=O)(=O)c2cccs2)ccc2c1CCCC2. The van der Waals surface area contributed by atoms with E-state index < -0.39 is 16.0 Å². The molecule has 116 valence electrons. The Morgan fingerprint density at radius 2 is 1.95 bits per heavy atom. The third-order valence-electron chi connectivity index (χ3n) is 3.75. The van der Waals surface area contributed by atoms with Gasteiger partial charge in [-0.2, -0.15) is 0 Å². The molecule has 1 heterocycles. The maximum Gasteiger partial charge on any atom is 0.338 e. The summed E-state index contributed by atoms with van der Waals surface area (Å²) in [6, 6.07) is 6.52. The van der Waals surface area contributed by atoms with Gasteiger partial charge in [0.1, 0.15) is 4.21 Å². The van der Waals surface area contributed by atoms with Crippen molar-refractivity contribution < 1.29 is 18.3 Å². The van der Waals surface area contributed by atoms with E-state index in [1.54, 1.807) is 17.5 Å². The Bertz CT molecular complexity index is 810. The molecule has 1 aromatic heterocycles. The van der Waals surface area contributed by atoms with Crippen molar-refractivity contribution in [2.24, 2.45) is 0 Å². The molecule has 0 aliphatic heterocycles. The molecular weight excluding hydrogens is 322 g/mol. The predicted molar refractivity (Wildman–Crippen MR) is 85.2 cm³/mol. The van der Waals surface area contributed by atoms with Crippen LogP contribution in [-0.2, 0) is 22.9 Å². The van der Waals surface area contributed by atoms with Crippen molar-refractivity contribution in [2.75, 3.05) is 4.72 Å². The summed E-state index contributed by atoms with van der Waals surface area (Å²) < 4.78 is 27.2. The highest BCUT2D eigenvalue weighted by molar-refractivity contribution is 7.94. The molecule has 0 amide bonds. The van der Waals surface area contributed by atoms with E-state index in [4.69, 9.17) is 0 Å². The standard InChI is InChI=1S/C15H15NO4S2/c17-15(18)14-11-5-2-1-4-10(11)7-8-12(14)16-22(19,20)13-6-3-9-21-13/h3,6-9,16H,1-2,4-5H2,(H,17,18). The second kappa shape index (κ2) is 5.73. The maximum absolute atomic E-state index is 12.3. The third-order valence-corrected chi connectivity index (χ3v) is 6.51. The molecule has 2 aromatic rings. The molecule has 22 heavy (non-hydrogen) atoms. The van der Waals surface area contributed by atoms with Crippen LogP contribution in [0.3, 0.4) is 0 Å². The highest BCUT2D eigenvalue weighted by atomic mass is 32.2. The number of aryl methyl sites for hydroxylation is 1. The Balaban J connectivity index is 2.06. The Hall–Kier alpha value is -1.86. The molecule has 0 fully saturated rings. The number of hydrogen-bond acceptors (Lipinski definition) is 4. The van der Waals surface area contributed by atoms with Gasteiger partial charge in [-0.05, 0) is 54.3 Å². The van der Waals surface area contributed by atoms with Gasteiger partial charge in [-0.3, -0.25) is 4.72 Å². The van der Waals surface area contributed by atoms with Crippen LogP contribution >= 0.6 is 11.3 Å². The van der Waals surface area contributed by atoms with E-state index in [1.165, 1.54) is 6.07 Å². The summed E-state index contributed by atoms with van der Waals surface area (Å²) in [6.07, 6.45) is 3.47. The van der Waals surface area contributed by atoms with Gasteiger partial charge in [0.2, 0.25) is 0 Å². The summed E-state index contributed by atoms with van der Waals surface area (Å²) in [5, 5.41) is 11.2. The topological polar surface area (TPSA) is 83.5 Å². The lowest BCUT2D eigenvalue weighted by atomic mass is 9.87. The number of carboxylic acid groups (broad SMARTS) is 1. The number of hydrogen-bond donors (Lipinski definition) is 2. The molecule has 0 atom stereocenters. The minimum atomic E-state index is -3.75. The third kappa shape index (κ3) is 2.74. The first kappa shape index (κ1) is 15.1. The number of benzene rings is 1. The second-order valence-corrected chi connectivity index (χ2v) is 8.03. The minimum absolute atomic E-state index is 0.0809. The molecule has 0 spiro atoms. The number of anilines is 1. The monoisotopic (exact) mass is 337 g/mol. The van der Waals surface area contributed by atoms with Gasteiger partial charge in [0.05, 0.1) is 11.3 Å². The summed E-state index contributed by atoms with van der Waals surface area (Å²) >= 11 is 1.09. The van der Waals surface area contributed by atoms with Crippen molar-refractivity contribution in [2.45, 2.75) is 29.9 Å². The van der Waals surface area contributed by atoms with Gasteiger partial charge in [0, 0.05) is 0 Å². The second-order valence-electron chi connectivity index (χ2n) is 5.18. The number of carbonyl (C=O) groups is 1. The number of thiophene rings is 1. The summed E-state index contributed by atoms with van der Waals surface area (Å²) in [5.74, 6) is -1.09. The summed E-state index contributed by atoms with van der Waals surface area (Å²) in [4.78, 5) is 11.6. The van der Waals surface area contributed by atoms with Gasteiger partial charge in [0.25, 0.3) is 10.0 Å². The van der Waals surface area contributed by atoms with Crippen molar-refractivity contribution in [1.82, 2.24) is 0 Å². The van der Waals surface area contributed by atoms with Gasteiger partial charge >= 0.3 is 5.97 Å². The number of fused-ring (bicyclic) bond motifs is 1. The number of sulfonamides is 1. The average molecular weight is 337 g/mol. The molecule has 0 bridgehead atoms. The fraction of sp³-hybridized carbons (Fsp3) is 0.267. The zero-order valence-electron chi connectivity index (χ0n) is 11.7. The highest BCUT2D eigenvalue weighted by Crippen LogP contribution is 2.31. The molecule has 1 aromatic carbocycles. The lowest BCUT2D eigenvalue weighted by molar-refractivity contribution is 0.0696. The predicted octanol–water partition coefficient (Wildman–Crippen LogP) is 3.13. The number of rotatable bonds is 4. The molecule has 3 rings (SSSR count). The van der Waals surface area contributed by atoms with Crippen LogP contribution in [0.1, 0.15) is 34.3 Å². The normalized spacial score (nSPS) is 14.4. The van der Waals surface area contributed by atoms with Crippen molar-refractivity contribution >= 4 is 33.0 Å². The Labute approximate surface area is 132 Å². The van der Waals surface area contributed by atoms with Crippen molar-refractivity contribution in [3.8, 4) is 0 Å². The molecule has 1 aliphatic rings. The first-order valence-corrected chi connectivity index (χ1v) is 9.30. The lowest BCUT2D eigenvalue weighted by Crippen LogP contribution is -2.18. The van der Waals surface area contributed by atoms with Crippen LogP contribution in [0.15, 0.2) is 33.9 Å². The molecule has 0 saturated carbocycles. The summed E-state index contributed by atoms with van der Waals surface area (Å²) in [5.41, 5.74) is 1.98. The molecule has 1 aliphatic carbocycles. The van der Waals surface area contributed by atoms with Gasteiger partial charge < -0.3 is 5.11 Å². The quantitative estimate of drug-likeness (QED) is 0.898. The van der Waals surface area contributed by atoms with Gasteiger partial charge in [-0.1, -0.05) is 12.1 Å². The van der Waals surface area contributed by atoms with E-state index in [0.29, 0.717) is 6.42 Å². The van der Waals surface area contributed by atoms with Gasteiger partial charge in [-0.15, -0.1) is 11.3 Å². The van der Waals surface area contributed by atoms with Gasteiger partial charge in [0.15, 0.2) is 0 Å². The van der Waals surface area contributed by atoms with Gasteiger partial charge in [-0.25, -0.2) is 13.2 Å². The summed E-state index contributed by atoms with van der Waals surface area (Å²) in [7, 11) is -3.75. The van der Waals surface area contributed by atoms with E-state index in [1.807, 2.05) is 6.07 Å². The molecule has 0 saturated heterocycles. The van der Waals surface area contributed by atoms with Crippen LogP contribution in [0.2, 0.25) is 0 Å². The van der Waals surface area contributed by atoms with E-state index in [0.717, 1.165) is 41.7 Å². The van der Waals surface area contributed by atoms with Crippen LogP contribution in [0, 0.1) is 0 Å². The lowest BCUT2D eigenvalue weighted by Gasteiger charge is -2.20. The first-order valence-electron chi connectivity index (χ1n) is 6.93. The van der Waals surface area contributed by atoms with E-state index in [-0.39, 0.29) is 15.5 Å². The van der Waals surface area contributed by atoms with E-state index in [2.05, 4.69) is 4.72 Å². The fourth-order valence-corrected chi connectivity index (χ4v) is 4.83. The molecule has 2 N–H and O–H groups in total. The zero-order chi connectivity index (χ0) is 15.7. The van der Waals surface area contributed by atoms with Crippen LogP contribution in [0.4, 0.5) is 5.69 Å². The number of aromatic carboxylic acids is 1. The van der Waals surface area contributed by atoms with Crippen molar-refractivity contribution in [3.63, 3.8) is 0 Å². The van der Waals surface area contributed by atoms with Crippen LogP contribution in [0.25, 0.3) is 0 Å². The molecule has 5 nitrogen and oxygen atoms in total. The van der Waals surface area contributed by atoms with Crippen LogP contribution in [0.5, 0.6) is 0 Å². The van der Waals surface area contributed by atoms with Crippen molar-refractivity contribution in [3.05, 3.63) is 46.3 Å². The fourth-order valence-electron chi connectivity index (χ4n) is 2.77. The molecule has 0 radical (unpaired) electrons. The highest BCUT2D eigenvalue weighted by Gasteiger charge is 2.24. The van der Waals surface area contributed by atoms with E-state index >= 15 is 0 Å². The smallest absolute Gasteiger partial charge is 0.338 e. The zero-order valence-corrected chi connectivity index (χ0v) is 13.3. The maximum atomic E-state index is 12.3. The van der Waals surface area contributed by atoms with Crippen molar-refractivity contribution in [1.29, 1.82) is 0 Å². The molecule has 7 heteroatoms. The number of carboxylic acids is 1. The molecular formula is C15H15NO4S2. The first-order chi connectivity index (χ1) is 10.5. The van der Waals surface area contributed by atoms with Crippen LogP contribution in [-0.4, -0.2) is 19.5 Å². The average Bonchev–Trinajstić information content (AvgIpc) is 3.01. The minimum Gasteiger partial charge on any atom is -0.478 e. The molecule has 0 unspecified atom stereocenters. The summed E-state index contributed by atoms with van der Waals surface area (Å²) in [6.45, 7) is 0.